The van der Waals surface area contributed by atoms with Crippen LogP contribution in [0.3, 0.4) is 0 Å². The molecule has 1 fully saturated rings. The van der Waals surface area contributed by atoms with E-state index in [9.17, 15) is 4.79 Å². The zero-order chi connectivity index (χ0) is 22.5. The second kappa shape index (κ2) is 9.80. The number of nitrogens with one attached hydrogen (secondary N) is 2. The molecule has 3 aromatic carbocycles. The van der Waals surface area contributed by atoms with Crippen LogP contribution in [0.2, 0.25) is 0 Å². The number of fused-ring (bicyclic) bond motifs is 2. The number of anilines is 2. The summed E-state index contributed by atoms with van der Waals surface area (Å²) in [6.07, 6.45) is 6.04. The molecule has 2 N–H and O–H groups in total. The summed E-state index contributed by atoms with van der Waals surface area (Å²) < 4.78 is 0. The zero-order valence-electron chi connectivity index (χ0n) is 19.2. The minimum atomic E-state index is -0.0193. The van der Waals surface area contributed by atoms with Gasteiger partial charge in [-0.1, -0.05) is 54.6 Å². The Balaban J connectivity index is 1.09. The van der Waals surface area contributed by atoms with Crippen LogP contribution in [-0.2, 0) is 11.8 Å². The summed E-state index contributed by atoms with van der Waals surface area (Å²) in [6.45, 7) is 4.06. The number of hydrogen-bond acceptors (Lipinski definition) is 3. The second-order valence-electron chi connectivity index (χ2n) is 9.43. The topological polar surface area (TPSA) is 44.4 Å². The lowest BCUT2D eigenvalue weighted by Crippen LogP contribution is -2.42. The zero-order valence-corrected chi connectivity index (χ0v) is 19.2. The molecule has 0 atom stereocenters. The Morgan fingerprint density at radius 1 is 0.848 bits per heavy atom. The fourth-order valence-corrected chi connectivity index (χ4v) is 5.56. The van der Waals surface area contributed by atoms with Gasteiger partial charge in [0.15, 0.2) is 0 Å². The molecule has 5 rings (SSSR count). The fraction of sp³-hybridized carbons (Fsp3) is 0.345. The Kier molecular flexibility index (Phi) is 6.45. The maximum atomic E-state index is 12.8. The molecule has 4 nitrogen and oxygen atoms in total. The number of carbonyl (C=O) groups is 1. The van der Waals surface area contributed by atoms with Gasteiger partial charge in [0.05, 0.1) is 11.3 Å². The van der Waals surface area contributed by atoms with Crippen LogP contribution in [0.5, 0.6) is 0 Å². The van der Waals surface area contributed by atoms with Gasteiger partial charge in [0.25, 0.3) is 5.91 Å². The summed E-state index contributed by atoms with van der Waals surface area (Å²) in [4.78, 5) is 15.4. The number of amides is 1. The molecule has 1 spiro atoms. The first-order valence-electron chi connectivity index (χ1n) is 12.2. The van der Waals surface area contributed by atoms with E-state index < -0.39 is 0 Å². The number of nitrogens with zero attached hydrogens (tertiary/aromatic N) is 1. The Bertz CT molecular complexity index is 1090. The second-order valence-corrected chi connectivity index (χ2v) is 9.43. The molecular formula is C29H33N3O. The van der Waals surface area contributed by atoms with Gasteiger partial charge in [-0.25, -0.2) is 0 Å². The van der Waals surface area contributed by atoms with Gasteiger partial charge < -0.3 is 15.5 Å². The normalized spacial score (nSPS) is 17.0. The highest BCUT2D eigenvalue weighted by Crippen LogP contribution is 2.46. The number of aryl methyl sites for hydroxylation is 1. The van der Waals surface area contributed by atoms with Crippen LogP contribution in [0.15, 0.2) is 78.9 Å². The molecule has 170 valence electrons. The molecule has 2 aliphatic rings. The van der Waals surface area contributed by atoms with Crippen LogP contribution in [0.1, 0.15) is 47.2 Å². The third-order valence-electron chi connectivity index (χ3n) is 7.44. The first-order valence-corrected chi connectivity index (χ1v) is 12.2. The monoisotopic (exact) mass is 439 g/mol. The number of benzene rings is 3. The van der Waals surface area contributed by atoms with Crippen molar-refractivity contribution in [3.63, 3.8) is 0 Å². The molecule has 0 aromatic heterocycles. The Morgan fingerprint density at radius 3 is 2.42 bits per heavy atom. The molecule has 1 aliphatic carbocycles. The number of hydrogen-bond donors (Lipinski definition) is 2. The molecule has 1 amide bonds. The summed E-state index contributed by atoms with van der Waals surface area (Å²) >= 11 is 0. The van der Waals surface area contributed by atoms with E-state index in [2.05, 4.69) is 39.8 Å². The van der Waals surface area contributed by atoms with Crippen molar-refractivity contribution < 1.29 is 4.79 Å². The van der Waals surface area contributed by atoms with Crippen LogP contribution in [0.25, 0.3) is 0 Å². The molecule has 1 aliphatic heterocycles. The Morgan fingerprint density at radius 2 is 1.58 bits per heavy atom. The average molecular weight is 440 g/mol. The van der Waals surface area contributed by atoms with E-state index in [0.29, 0.717) is 17.5 Å². The molecule has 4 heteroatoms. The smallest absolute Gasteiger partial charge is 0.253 e. The molecule has 33 heavy (non-hydrogen) atoms. The molecule has 0 saturated carbocycles. The lowest BCUT2D eigenvalue weighted by atomic mass is 9.74. The van der Waals surface area contributed by atoms with Gasteiger partial charge in [-0.15, -0.1) is 0 Å². The van der Waals surface area contributed by atoms with Gasteiger partial charge in [-0.2, -0.15) is 0 Å². The van der Waals surface area contributed by atoms with Gasteiger partial charge in [0.2, 0.25) is 0 Å². The summed E-state index contributed by atoms with van der Waals surface area (Å²) in [6, 6.07) is 26.7. The third-order valence-corrected chi connectivity index (χ3v) is 7.44. The van der Waals surface area contributed by atoms with Crippen molar-refractivity contribution in [2.24, 2.45) is 0 Å². The molecule has 0 radical (unpaired) electrons. The van der Waals surface area contributed by atoms with Crippen LogP contribution in [0.4, 0.5) is 11.4 Å². The van der Waals surface area contributed by atoms with E-state index in [1.165, 1.54) is 25.7 Å². The predicted molar refractivity (Wildman–Crippen MR) is 135 cm³/mol. The largest absolute Gasteiger partial charge is 0.355 e. The van der Waals surface area contributed by atoms with Crippen molar-refractivity contribution in [3.05, 3.63) is 95.6 Å². The number of rotatable bonds is 7. The molecular weight excluding hydrogens is 406 g/mol. The van der Waals surface area contributed by atoms with Gasteiger partial charge >= 0.3 is 0 Å². The maximum Gasteiger partial charge on any atom is 0.253 e. The summed E-state index contributed by atoms with van der Waals surface area (Å²) in [5.41, 5.74) is 6.08. The Hall–Kier alpha value is -3.11. The molecule has 0 unspecified atom stereocenters. The van der Waals surface area contributed by atoms with Crippen molar-refractivity contribution in [2.75, 3.05) is 31.5 Å². The van der Waals surface area contributed by atoms with Crippen LogP contribution >= 0.6 is 0 Å². The van der Waals surface area contributed by atoms with Gasteiger partial charge in [0, 0.05) is 12.2 Å². The van der Waals surface area contributed by atoms with E-state index >= 15 is 0 Å². The summed E-state index contributed by atoms with van der Waals surface area (Å²) in [7, 11) is 0. The van der Waals surface area contributed by atoms with Gasteiger partial charge in [-0.3, -0.25) is 4.79 Å². The minimum Gasteiger partial charge on any atom is -0.355 e. The SMILES string of the molecule is O=C(NCCCN1CCC2(CCc3ccccc32)CC1)c1ccccc1Nc1ccccc1. The van der Waals surface area contributed by atoms with E-state index in [0.717, 1.165) is 37.4 Å². The van der Waals surface area contributed by atoms with E-state index in [4.69, 9.17) is 0 Å². The first kappa shape index (κ1) is 21.7. The highest BCUT2D eigenvalue weighted by Gasteiger charge is 2.40. The van der Waals surface area contributed by atoms with E-state index in [1.807, 2.05) is 54.6 Å². The van der Waals surface area contributed by atoms with Crippen molar-refractivity contribution >= 4 is 17.3 Å². The fourth-order valence-electron chi connectivity index (χ4n) is 5.56. The van der Waals surface area contributed by atoms with Crippen LogP contribution < -0.4 is 10.6 Å². The maximum absolute atomic E-state index is 12.8. The minimum absolute atomic E-state index is 0.0193. The van der Waals surface area contributed by atoms with Crippen LogP contribution in [-0.4, -0.2) is 37.0 Å². The van der Waals surface area contributed by atoms with E-state index in [1.54, 1.807) is 11.1 Å². The highest BCUT2D eigenvalue weighted by molar-refractivity contribution is 6.00. The lowest BCUT2D eigenvalue weighted by Gasteiger charge is -2.40. The standard InChI is InChI=1S/C29H33N3O/c33-28(25-12-5-7-14-27(25)31-24-10-2-1-3-11-24)30-19-8-20-32-21-17-29(18-22-32)16-15-23-9-4-6-13-26(23)29/h1-7,9-14,31H,8,15-22H2,(H,30,33). The number of likely N-dealkylation sites (tertiary alicyclic amines) is 1. The molecule has 0 bridgehead atoms. The number of carbonyl (C=O) groups excluding carboxylic acids is 1. The van der Waals surface area contributed by atoms with Gasteiger partial charge in [-0.05, 0) is 92.5 Å². The predicted octanol–water partition coefficient (Wildman–Crippen LogP) is 5.53. The van der Waals surface area contributed by atoms with Gasteiger partial charge in [0.1, 0.15) is 0 Å². The van der Waals surface area contributed by atoms with Crippen molar-refractivity contribution in [1.82, 2.24) is 10.2 Å². The quantitative estimate of drug-likeness (QED) is 0.476. The van der Waals surface area contributed by atoms with Crippen molar-refractivity contribution in [2.45, 2.75) is 37.5 Å². The number of para-hydroxylation sites is 2. The highest BCUT2D eigenvalue weighted by atomic mass is 16.1. The van der Waals surface area contributed by atoms with E-state index in [-0.39, 0.29) is 5.91 Å². The lowest BCUT2D eigenvalue weighted by molar-refractivity contribution is 0.0950. The van der Waals surface area contributed by atoms with Crippen molar-refractivity contribution in [3.8, 4) is 0 Å². The molecule has 1 saturated heterocycles. The molecule has 1 heterocycles. The third kappa shape index (κ3) is 4.81. The molecule has 3 aromatic rings. The van der Waals surface area contributed by atoms with Crippen molar-refractivity contribution in [1.29, 1.82) is 0 Å². The Labute approximate surface area is 197 Å². The summed E-state index contributed by atoms with van der Waals surface area (Å²) in [5, 5.41) is 6.48. The average Bonchev–Trinajstić information content (AvgIpc) is 3.22. The first-order chi connectivity index (χ1) is 16.2. The number of piperidine rings is 1. The van der Waals surface area contributed by atoms with Crippen LogP contribution in [0, 0.1) is 0 Å². The summed E-state index contributed by atoms with van der Waals surface area (Å²) in [5.74, 6) is -0.0193.